The van der Waals surface area contributed by atoms with E-state index in [-0.39, 0.29) is 17.7 Å². The molecule has 0 aromatic heterocycles. The van der Waals surface area contributed by atoms with Crippen molar-refractivity contribution in [3.05, 3.63) is 0 Å². The first-order valence-corrected chi connectivity index (χ1v) is 6.45. The molecule has 104 valence electrons. The van der Waals surface area contributed by atoms with E-state index in [2.05, 4.69) is 0 Å². The van der Waals surface area contributed by atoms with Crippen molar-refractivity contribution in [1.29, 1.82) is 0 Å². The predicted molar refractivity (Wildman–Crippen MR) is 70.5 cm³/mol. The van der Waals surface area contributed by atoms with Crippen LogP contribution in [0.15, 0.2) is 0 Å². The second-order valence-corrected chi connectivity index (χ2v) is 6.32. The minimum absolute atomic E-state index is 0.0536. The molecule has 0 bridgehead atoms. The molecule has 1 heterocycles. The summed E-state index contributed by atoms with van der Waals surface area (Å²) in [6, 6.07) is 0. The van der Waals surface area contributed by atoms with Crippen LogP contribution in [0.5, 0.6) is 0 Å². The monoisotopic (exact) mass is 255 g/mol. The van der Waals surface area contributed by atoms with Gasteiger partial charge in [0, 0.05) is 24.5 Å². The lowest BCUT2D eigenvalue weighted by atomic mass is 9.73. The van der Waals surface area contributed by atoms with E-state index in [1.807, 2.05) is 27.7 Å². The van der Waals surface area contributed by atoms with E-state index < -0.39 is 11.0 Å². The molecule has 1 fully saturated rings. The van der Waals surface area contributed by atoms with E-state index in [1.54, 1.807) is 4.90 Å². The summed E-state index contributed by atoms with van der Waals surface area (Å²) in [6.45, 7) is 8.64. The van der Waals surface area contributed by atoms with Gasteiger partial charge in [0.25, 0.3) is 0 Å². The lowest BCUT2D eigenvalue weighted by Gasteiger charge is -2.42. The Morgan fingerprint density at radius 2 is 1.56 bits per heavy atom. The Hall–Kier alpha value is -1.10. The molecule has 0 spiro atoms. The summed E-state index contributed by atoms with van der Waals surface area (Å²) < 4.78 is 0. The van der Waals surface area contributed by atoms with Crippen molar-refractivity contribution >= 4 is 11.8 Å². The van der Waals surface area contributed by atoms with Crippen LogP contribution in [0.4, 0.5) is 0 Å². The molecule has 0 unspecified atom stereocenters. The summed E-state index contributed by atoms with van der Waals surface area (Å²) in [5, 5.41) is 0. The van der Waals surface area contributed by atoms with Crippen molar-refractivity contribution in [3.63, 3.8) is 0 Å². The fourth-order valence-electron chi connectivity index (χ4n) is 2.04. The van der Waals surface area contributed by atoms with E-state index >= 15 is 0 Å². The summed E-state index contributed by atoms with van der Waals surface area (Å²) in [7, 11) is 0. The highest BCUT2D eigenvalue weighted by Crippen LogP contribution is 2.32. The highest BCUT2D eigenvalue weighted by molar-refractivity contribution is 5.84. The van der Waals surface area contributed by atoms with Gasteiger partial charge >= 0.3 is 0 Å². The molecular weight excluding hydrogens is 230 g/mol. The minimum atomic E-state index is -0.618. The number of hydrogen-bond donors (Lipinski definition) is 2. The van der Waals surface area contributed by atoms with Crippen LogP contribution >= 0.6 is 0 Å². The van der Waals surface area contributed by atoms with Crippen molar-refractivity contribution in [2.75, 3.05) is 13.1 Å². The quantitative estimate of drug-likeness (QED) is 0.768. The van der Waals surface area contributed by atoms with Gasteiger partial charge in [0.15, 0.2) is 0 Å². The van der Waals surface area contributed by atoms with Gasteiger partial charge in [-0.05, 0) is 40.5 Å². The van der Waals surface area contributed by atoms with E-state index in [1.165, 1.54) is 0 Å². The summed E-state index contributed by atoms with van der Waals surface area (Å²) >= 11 is 0. The van der Waals surface area contributed by atoms with E-state index in [0.29, 0.717) is 25.9 Å². The van der Waals surface area contributed by atoms with Crippen molar-refractivity contribution in [2.24, 2.45) is 22.8 Å². The Kier molecular flexibility index (Phi) is 4.05. The second-order valence-electron chi connectivity index (χ2n) is 6.32. The molecular formula is C13H25N3O2. The third-order valence-corrected chi connectivity index (χ3v) is 4.33. The number of piperidine rings is 1. The number of rotatable bonds is 3. The largest absolute Gasteiger partial charge is 0.369 e. The number of carbonyl (C=O) groups is 2. The average molecular weight is 255 g/mol. The molecule has 0 aromatic rings. The van der Waals surface area contributed by atoms with Gasteiger partial charge in [0.1, 0.15) is 0 Å². The topological polar surface area (TPSA) is 89.4 Å². The molecule has 2 amide bonds. The summed E-state index contributed by atoms with van der Waals surface area (Å²) in [5.74, 6) is -0.304. The Balaban J connectivity index is 2.69. The van der Waals surface area contributed by atoms with E-state index in [0.717, 1.165) is 0 Å². The Labute approximate surface area is 109 Å². The zero-order chi connectivity index (χ0) is 14.1. The first-order chi connectivity index (χ1) is 8.07. The van der Waals surface area contributed by atoms with Crippen molar-refractivity contribution in [3.8, 4) is 0 Å². The number of nitrogens with two attached hydrogens (primary N) is 2. The number of amides is 2. The van der Waals surface area contributed by atoms with Gasteiger partial charge in [-0.25, -0.2) is 0 Å². The van der Waals surface area contributed by atoms with Crippen molar-refractivity contribution in [2.45, 2.75) is 46.1 Å². The molecule has 0 radical (unpaired) electrons. The maximum absolute atomic E-state index is 12.5. The van der Waals surface area contributed by atoms with Gasteiger partial charge in [-0.3, -0.25) is 9.59 Å². The van der Waals surface area contributed by atoms with Gasteiger partial charge in [-0.1, -0.05) is 0 Å². The molecule has 4 N–H and O–H groups in total. The summed E-state index contributed by atoms with van der Waals surface area (Å²) in [6.07, 6.45) is 1.31. The van der Waals surface area contributed by atoms with Crippen LogP contribution in [-0.4, -0.2) is 35.3 Å². The molecule has 0 atom stereocenters. The van der Waals surface area contributed by atoms with Gasteiger partial charge < -0.3 is 16.4 Å². The molecule has 1 aliphatic rings. The maximum atomic E-state index is 12.5. The number of hydrogen-bond acceptors (Lipinski definition) is 3. The molecule has 5 nitrogen and oxygen atoms in total. The SMILES string of the molecule is CC(C)(N)C(C)(C)C(=O)N1CCC(C(N)=O)CC1. The van der Waals surface area contributed by atoms with Crippen LogP contribution in [0.2, 0.25) is 0 Å². The molecule has 5 heteroatoms. The smallest absolute Gasteiger partial charge is 0.230 e. The van der Waals surface area contributed by atoms with Crippen LogP contribution in [0.25, 0.3) is 0 Å². The van der Waals surface area contributed by atoms with Crippen LogP contribution in [0.3, 0.4) is 0 Å². The number of primary amides is 1. The van der Waals surface area contributed by atoms with Gasteiger partial charge in [-0.15, -0.1) is 0 Å². The third-order valence-electron chi connectivity index (χ3n) is 4.33. The number of nitrogens with zero attached hydrogens (tertiary/aromatic N) is 1. The molecule has 0 aliphatic carbocycles. The highest BCUT2D eigenvalue weighted by atomic mass is 16.2. The second kappa shape index (κ2) is 4.88. The fraction of sp³-hybridized carbons (Fsp3) is 0.846. The average Bonchev–Trinajstić information content (AvgIpc) is 2.26. The fourth-order valence-corrected chi connectivity index (χ4v) is 2.04. The Morgan fingerprint density at radius 1 is 1.11 bits per heavy atom. The van der Waals surface area contributed by atoms with Crippen molar-refractivity contribution in [1.82, 2.24) is 4.90 Å². The number of carbonyl (C=O) groups excluding carboxylic acids is 2. The lowest BCUT2D eigenvalue weighted by Crippen LogP contribution is -2.57. The highest BCUT2D eigenvalue weighted by Gasteiger charge is 2.43. The van der Waals surface area contributed by atoms with Gasteiger partial charge in [-0.2, -0.15) is 0 Å². The zero-order valence-corrected chi connectivity index (χ0v) is 11.8. The molecule has 0 aromatic carbocycles. The first-order valence-electron chi connectivity index (χ1n) is 6.45. The van der Waals surface area contributed by atoms with Crippen molar-refractivity contribution < 1.29 is 9.59 Å². The summed E-state index contributed by atoms with van der Waals surface area (Å²) in [5.41, 5.74) is 10.2. The van der Waals surface area contributed by atoms with Crippen LogP contribution in [-0.2, 0) is 9.59 Å². The Bertz CT molecular complexity index is 337. The molecule has 18 heavy (non-hydrogen) atoms. The summed E-state index contributed by atoms with van der Waals surface area (Å²) in [4.78, 5) is 25.4. The van der Waals surface area contributed by atoms with Crippen LogP contribution in [0.1, 0.15) is 40.5 Å². The van der Waals surface area contributed by atoms with Gasteiger partial charge in [0.05, 0.1) is 5.41 Å². The van der Waals surface area contributed by atoms with Gasteiger partial charge in [0.2, 0.25) is 11.8 Å². The van der Waals surface area contributed by atoms with E-state index in [9.17, 15) is 9.59 Å². The Morgan fingerprint density at radius 3 is 1.89 bits per heavy atom. The predicted octanol–water partition coefficient (Wildman–Crippen LogP) is 0.474. The van der Waals surface area contributed by atoms with E-state index in [4.69, 9.17) is 11.5 Å². The minimum Gasteiger partial charge on any atom is -0.369 e. The lowest BCUT2D eigenvalue weighted by molar-refractivity contribution is -0.146. The third kappa shape index (κ3) is 2.83. The molecule has 0 saturated carbocycles. The standard InChI is InChI=1S/C13H25N3O2/c1-12(2,13(3,4)15)11(18)16-7-5-9(6-8-16)10(14)17/h9H,5-8,15H2,1-4H3,(H2,14,17). The molecule has 1 aliphatic heterocycles. The normalized spacial score (nSPS) is 18.8. The molecule has 1 saturated heterocycles. The van der Waals surface area contributed by atoms with Crippen LogP contribution < -0.4 is 11.5 Å². The first kappa shape index (κ1) is 15.0. The number of likely N-dealkylation sites (tertiary alicyclic amines) is 1. The van der Waals surface area contributed by atoms with Crippen LogP contribution in [0, 0.1) is 11.3 Å². The molecule has 1 rings (SSSR count). The maximum Gasteiger partial charge on any atom is 0.230 e. The zero-order valence-electron chi connectivity index (χ0n) is 11.8.